The number of anilines is 1. The Bertz CT molecular complexity index is 1960. The first-order chi connectivity index (χ1) is 22.3. The minimum absolute atomic E-state index is 0.109. The molecule has 46 heavy (non-hydrogen) atoms. The lowest BCUT2D eigenvalue weighted by Crippen LogP contribution is -2.45. The number of ketones is 1. The zero-order chi connectivity index (χ0) is 31.8. The van der Waals surface area contributed by atoms with E-state index in [9.17, 15) is 0 Å². The number of carbonyl (C=O) groups is 3. The lowest BCUT2D eigenvalue weighted by molar-refractivity contribution is -0.130. The van der Waals surface area contributed by atoms with Gasteiger partial charge in [-0.05, 0) is 88.0 Å². The molecule has 5 aromatic rings. The number of hydrogen-bond acceptors (Lipinski definition) is 3. The van der Waals surface area contributed by atoms with Gasteiger partial charge in [-0.25, -0.2) is 4.90 Å². The number of hydrogen-bond donors (Lipinski definition) is 0. The van der Waals surface area contributed by atoms with Crippen molar-refractivity contribution in [3.63, 3.8) is 0 Å². The first-order valence-electron chi connectivity index (χ1n) is 15.5. The van der Waals surface area contributed by atoms with Crippen LogP contribution in [0.1, 0.15) is 33.4 Å². The van der Waals surface area contributed by atoms with Gasteiger partial charge in [0.25, 0.3) is 0 Å². The summed E-state index contributed by atoms with van der Waals surface area (Å²) < 4.78 is 0.918. The third-order valence-corrected chi connectivity index (χ3v) is 10.9. The van der Waals surface area contributed by atoms with Crippen LogP contribution in [0.2, 0.25) is 0 Å². The van der Waals surface area contributed by atoms with Crippen molar-refractivity contribution in [1.29, 1.82) is 0 Å². The molecule has 8 rings (SSSR count). The number of allylic oxidation sites excluding steroid dienone is 2. The van der Waals surface area contributed by atoms with Crippen LogP contribution >= 0.6 is 22.6 Å². The van der Waals surface area contributed by atoms with Crippen molar-refractivity contribution < 1.29 is 14.4 Å². The molecule has 0 radical (unpaired) electrons. The van der Waals surface area contributed by atoms with Gasteiger partial charge in [-0.2, -0.15) is 0 Å². The van der Waals surface area contributed by atoms with Crippen LogP contribution in [0.25, 0.3) is 11.1 Å². The molecule has 2 fully saturated rings. The van der Waals surface area contributed by atoms with E-state index in [0.29, 0.717) is 5.69 Å². The second kappa shape index (κ2) is 10.5. The van der Waals surface area contributed by atoms with Crippen LogP contribution in [0, 0.1) is 29.3 Å². The van der Waals surface area contributed by atoms with E-state index >= 15 is 14.4 Å². The normalized spacial score (nSPS) is 25.0. The zero-order valence-electron chi connectivity index (χ0n) is 25.4. The van der Waals surface area contributed by atoms with Crippen molar-refractivity contribution in [2.75, 3.05) is 4.90 Å². The number of benzene rings is 5. The van der Waals surface area contributed by atoms with Crippen LogP contribution in [0.4, 0.5) is 5.69 Å². The fraction of sp³-hybridized carbons (Fsp3) is 0.146. The first-order valence-corrected chi connectivity index (χ1v) is 16.6. The molecule has 1 saturated carbocycles. The number of carbonyl (C=O) groups excluding carboxylic acids is 3. The van der Waals surface area contributed by atoms with Gasteiger partial charge >= 0.3 is 0 Å². The molecule has 0 aromatic heterocycles. The summed E-state index contributed by atoms with van der Waals surface area (Å²) in [5, 5.41) is 0. The van der Waals surface area contributed by atoms with Gasteiger partial charge in [-0.1, -0.05) is 126 Å². The second-order valence-corrected chi connectivity index (χ2v) is 13.9. The quantitative estimate of drug-likeness (QED) is 0.137. The summed E-state index contributed by atoms with van der Waals surface area (Å²) >= 11 is 2.20. The smallest absolute Gasteiger partial charge is 0.239 e. The van der Waals surface area contributed by atoms with E-state index in [-0.39, 0.29) is 17.6 Å². The van der Waals surface area contributed by atoms with E-state index in [2.05, 4.69) is 71.1 Å². The number of imide groups is 1. The number of rotatable bonds is 5. The Morgan fingerprint density at radius 1 is 0.543 bits per heavy atom. The van der Waals surface area contributed by atoms with Crippen molar-refractivity contribution in [3.05, 3.63) is 170 Å². The largest absolute Gasteiger partial charge is 0.297 e. The van der Waals surface area contributed by atoms with Gasteiger partial charge in [0.15, 0.2) is 5.78 Å². The summed E-state index contributed by atoms with van der Waals surface area (Å²) in [6.07, 6.45) is 0. The molecule has 4 nitrogen and oxygen atoms in total. The molecule has 5 aromatic carbocycles. The van der Waals surface area contributed by atoms with Crippen molar-refractivity contribution in [2.45, 2.75) is 24.7 Å². The van der Waals surface area contributed by atoms with E-state index in [1.54, 1.807) is 0 Å². The van der Waals surface area contributed by atoms with E-state index < -0.39 is 22.7 Å². The molecule has 1 saturated heterocycles. The van der Waals surface area contributed by atoms with Crippen LogP contribution < -0.4 is 4.90 Å². The standard InChI is InChI=1S/C41H30INO3/c1-25-16-20-27(21-17-25)33-34(28-22-18-26(2)19-23-28)41(30-12-7-4-8-13-30)36-35(40(33,39(41)46)29-10-5-3-6-11-29)37(44)43(38(36)45)32-15-9-14-31(42)24-32/h3-24,35-36H,1-2H3/t35-,36-,40+,41+/m0/s1. The second-order valence-electron chi connectivity index (χ2n) is 12.6. The monoisotopic (exact) mass is 711 g/mol. The van der Waals surface area contributed by atoms with E-state index in [4.69, 9.17) is 0 Å². The molecule has 5 heteroatoms. The summed E-state index contributed by atoms with van der Waals surface area (Å²) in [4.78, 5) is 47.4. The number of nitrogens with zero attached hydrogens (tertiary/aromatic N) is 1. The highest BCUT2D eigenvalue weighted by atomic mass is 127. The molecule has 0 N–H and O–H groups in total. The molecule has 2 bridgehead atoms. The van der Waals surface area contributed by atoms with Gasteiger partial charge < -0.3 is 0 Å². The van der Waals surface area contributed by atoms with Gasteiger partial charge in [0.05, 0.1) is 28.4 Å². The lowest BCUT2D eigenvalue weighted by Gasteiger charge is -2.39. The molecule has 3 aliphatic rings. The number of halogens is 1. The summed E-state index contributed by atoms with van der Waals surface area (Å²) in [5.74, 6) is -2.64. The molecule has 1 heterocycles. The number of Topliss-reactive ketones (excluding diaryl/α,β-unsaturated/α-hetero) is 1. The summed E-state index contributed by atoms with van der Waals surface area (Å²) in [5.41, 5.74) is 4.75. The number of fused-ring (bicyclic) bond motifs is 5. The average Bonchev–Trinajstić information content (AvgIpc) is 3.58. The maximum atomic E-state index is 15.9. The zero-order valence-corrected chi connectivity index (χ0v) is 27.6. The molecular formula is C41H30INO3. The van der Waals surface area contributed by atoms with Crippen molar-refractivity contribution in [1.82, 2.24) is 0 Å². The molecule has 2 amide bonds. The molecule has 224 valence electrons. The lowest BCUT2D eigenvalue weighted by atomic mass is 9.59. The maximum absolute atomic E-state index is 15.9. The Morgan fingerprint density at radius 2 is 0.978 bits per heavy atom. The first kappa shape index (κ1) is 28.8. The molecular weight excluding hydrogens is 681 g/mol. The Labute approximate surface area is 281 Å². The maximum Gasteiger partial charge on any atom is 0.239 e. The van der Waals surface area contributed by atoms with Gasteiger partial charge in [-0.15, -0.1) is 0 Å². The van der Waals surface area contributed by atoms with E-state index in [0.717, 1.165) is 48.1 Å². The Balaban J connectivity index is 1.56. The minimum atomic E-state index is -1.40. The molecule has 4 atom stereocenters. The van der Waals surface area contributed by atoms with Crippen molar-refractivity contribution >= 4 is 57.0 Å². The number of aryl methyl sites for hydroxylation is 2. The van der Waals surface area contributed by atoms with Crippen LogP contribution in [-0.4, -0.2) is 17.6 Å². The fourth-order valence-electron chi connectivity index (χ4n) is 8.43. The third kappa shape index (κ3) is 3.69. The van der Waals surface area contributed by atoms with Crippen LogP contribution in [0.15, 0.2) is 133 Å². The van der Waals surface area contributed by atoms with Crippen LogP contribution in [0.5, 0.6) is 0 Å². The Morgan fingerprint density at radius 3 is 1.39 bits per heavy atom. The van der Waals surface area contributed by atoms with E-state index in [1.165, 1.54) is 4.90 Å². The van der Waals surface area contributed by atoms with Crippen LogP contribution in [0.3, 0.4) is 0 Å². The topological polar surface area (TPSA) is 54.5 Å². The predicted molar refractivity (Wildman–Crippen MR) is 189 cm³/mol. The summed E-state index contributed by atoms with van der Waals surface area (Å²) in [6, 6.07) is 43.3. The predicted octanol–water partition coefficient (Wildman–Crippen LogP) is 8.10. The Hall–Kier alpha value is -4.62. The van der Waals surface area contributed by atoms with Crippen molar-refractivity contribution in [3.8, 4) is 0 Å². The molecule has 0 unspecified atom stereocenters. The average molecular weight is 712 g/mol. The van der Waals surface area contributed by atoms with Gasteiger partial charge in [0.2, 0.25) is 11.8 Å². The van der Waals surface area contributed by atoms with E-state index in [1.807, 2.05) is 98.8 Å². The van der Waals surface area contributed by atoms with Gasteiger partial charge in [-0.3, -0.25) is 14.4 Å². The molecule has 1 aliphatic heterocycles. The van der Waals surface area contributed by atoms with Crippen LogP contribution in [-0.2, 0) is 25.2 Å². The third-order valence-electron chi connectivity index (χ3n) is 10.2. The summed E-state index contributed by atoms with van der Waals surface area (Å²) in [7, 11) is 0. The van der Waals surface area contributed by atoms with Gasteiger partial charge in [0, 0.05) is 3.57 Å². The molecule has 2 aliphatic carbocycles. The number of amides is 2. The highest BCUT2D eigenvalue weighted by Crippen LogP contribution is 2.74. The highest BCUT2D eigenvalue weighted by Gasteiger charge is 2.82. The Kier molecular flexibility index (Phi) is 6.55. The molecule has 0 spiro atoms. The van der Waals surface area contributed by atoms with Gasteiger partial charge in [0.1, 0.15) is 0 Å². The highest BCUT2D eigenvalue weighted by molar-refractivity contribution is 14.1. The van der Waals surface area contributed by atoms with Crippen molar-refractivity contribution in [2.24, 2.45) is 11.8 Å². The SMILES string of the molecule is Cc1ccc(C2=C(c3ccc(C)cc3)[C@@]3(c4ccccc4)C(=O)[C@@]2(c2ccccc2)[C@@H]2C(=O)N(c4cccc(I)c4)C(=O)[C@H]23)cc1. The summed E-state index contributed by atoms with van der Waals surface area (Å²) in [6.45, 7) is 4.08. The fourth-order valence-corrected chi connectivity index (χ4v) is 8.96. The minimum Gasteiger partial charge on any atom is -0.297 e.